The Bertz CT molecular complexity index is 332. The van der Waals surface area contributed by atoms with Gasteiger partial charge in [-0.05, 0) is 43.9 Å². The molecule has 2 heteroatoms. The minimum absolute atomic E-state index is 0.448. The zero-order chi connectivity index (χ0) is 15.7. The third-order valence-electron chi connectivity index (χ3n) is 5.98. The molecule has 22 heavy (non-hydrogen) atoms. The molecule has 0 aromatic rings. The molecule has 0 heterocycles. The van der Waals surface area contributed by atoms with Crippen molar-refractivity contribution in [1.82, 2.24) is 0 Å². The van der Waals surface area contributed by atoms with Crippen molar-refractivity contribution < 1.29 is 4.74 Å². The van der Waals surface area contributed by atoms with E-state index in [1.165, 1.54) is 70.6 Å². The van der Waals surface area contributed by atoms with Crippen molar-refractivity contribution in [3.8, 4) is 6.07 Å². The second-order valence-electron chi connectivity index (χ2n) is 7.60. The molecule has 2 nitrogen and oxygen atoms in total. The van der Waals surface area contributed by atoms with Crippen molar-refractivity contribution in [3.05, 3.63) is 0 Å². The zero-order valence-corrected chi connectivity index (χ0v) is 14.6. The summed E-state index contributed by atoms with van der Waals surface area (Å²) in [6, 6.07) is 2.52. The number of hydrogen-bond acceptors (Lipinski definition) is 2. The van der Waals surface area contributed by atoms with Gasteiger partial charge in [0.1, 0.15) is 0 Å². The van der Waals surface area contributed by atoms with Gasteiger partial charge in [0.25, 0.3) is 0 Å². The van der Waals surface area contributed by atoms with Crippen molar-refractivity contribution in [2.45, 2.75) is 102 Å². The number of nitriles is 1. The van der Waals surface area contributed by atoms with Gasteiger partial charge in [0.15, 0.2) is 5.60 Å². The van der Waals surface area contributed by atoms with Gasteiger partial charge in [0, 0.05) is 6.61 Å². The topological polar surface area (TPSA) is 33.0 Å². The molecule has 0 spiro atoms. The molecule has 0 aliphatic heterocycles. The Labute approximate surface area is 137 Å². The standard InChI is InChI=1S/C20H35NO/c1-2-3-4-5-9-16-22-20(17-21)14-12-19(13-15-20)18-10-7-6-8-11-18/h18-19H,2-16H2,1H3. The molecule has 0 N–H and O–H groups in total. The highest BCUT2D eigenvalue weighted by Crippen LogP contribution is 2.42. The van der Waals surface area contributed by atoms with Gasteiger partial charge in [-0.15, -0.1) is 0 Å². The fourth-order valence-corrected chi connectivity index (χ4v) is 4.44. The predicted octanol–water partition coefficient (Wildman–Crippen LogP) is 6.01. The normalized spacial score (nSPS) is 30.1. The van der Waals surface area contributed by atoms with E-state index >= 15 is 0 Å². The van der Waals surface area contributed by atoms with E-state index in [2.05, 4.69) is 13.0 Å². The molecule has 2 rings (SSSR count). The van der Waals surface area contributed by atoms with Crippen molar-refractivity contribution in [3.63, 3.8) is 0 Å². The van der Waals surface area contributed by atoms with Crippen LogP contribution in [0.2, 0.25) is 0 Å². The molecule has 0 bridgehead atoms. The van der Waals surface area contributed by atoms with Gasteiger partial charge >= 0.3 is 0 Å². The average molecular weight is 306 g/mol. The Hall–Kier alpha value is -0.550. The second kappa shape index (κ2) is 9.56. The lowest BCUT2D eigenvalue weighted by Crippen LogP contribution is -2.38. The number of rotatable bonds is 8. The third kappa shape index (κ3) is 5.27. The van der Waals surface area contributed by atoms with E-state index in [1.807, 2.05) is 0 Å². The molecule has 0 unspecified atom stereocenters. The molecule has 2 fully saturated rings. The highest BCUT2D eigenvalue weighted by atomic mass is 16.5. The minimum Gasteiger partial charge on any atom is -0.360 e. The number of unbranched alkanes of at least 4 members (excludes halogenated alkanes) is 4. The molecule has 0 aromatic carbocycles. The van der Waals surface area contributed by atoms with Gasteiger partial charge in [-0.2, -0.15) is 5.26 Å². The molecule has 0 atom stereocenters. The van der Waals surface area contributed by atoms with Crippen molar-refractivity contribution in [2.75, 3.05) is 6.61 Å². The van der Waals surface area contributed by atoms with E-state index in [0.717, 1.165) is 37.7 Å². The van der Waals surface area contributed by atoms with Crippen molar-refractivity contribution in [1.29, 1.82) is 5.26 Å². The number of nitrogens with zero attached hydrogens (tertiary/aromatic N) is 1. The summed E-state index contributed by atoms with van der Waals surface area (Å²) < 4.78 is 6.07. The first-order valence-corrected chi connectivity index (χ1v) is 9.85. The number of hydrogen-bond donors (Lipinski definition) is 0. The van der Waals surface area contributed by atoms with Gasteiger partial charge < -0.3 is 4.74 Å². The van der Waals surface area contributed by atoms with E-state index in [4.69, 9.17) is 4.74 Å². The summed E-state index contributed by atoms with van der Waals surface area (Å²) in [6.07, 6.45) is 17.8. The summed E-state index contributed by atoms with van der Waals surface area (Å²) in [5.41, 5.74) is -0.448. The Morgan fingerprint density at radius 2 is 1.55 bits per heavy atom. The van der Waals surface area contributed by atoms with Crippen LogP contribution in [0.1, 0.15) is 96.8 Å². The Morgan fingerprint density at radius 1 is 0.909 bits per heavy atom. The van der Waals surface area contributed by atoms with Gasteiger partial charge in [-0.1, -0.05) is 64.7 Å². The lowest BCUT2D eigenvalue weighted by molar-refractivity contribution is -0.0448. The fraction of sp³-hybridized carbons (Fsp3) is 0.950. The summed E-state index contributed by atoms with van der Waals surface area (Å²) in [5.74, 6) is 1.81. The molecule has 0 radical (unpaired) electrons. The van der Waals surface area contributed by atoms with E-state index in [9.17, 15) is 5.26 Å². The summed E-state index contributed by atoms with van der Waals surface area (Å²) >= 11 is 0. The van der Waals surface area contributed by atoms with E-state index in [1.54, 1.807) is 0 Å². The molecular formula is C20H35NO. The minimum atomic E-state index is -0.448. The molecular weight excluding hydrogens is 270 g/mol. The average Bonchev–Trinajstić information content (AvgIpc) is 2.59. The summed E-state index contributed by atoms with van der Waals surface area (Å²) in [6.45, 7) is 3.03. The highest BCUT2D eigenvalue weighted by molar-refractivity contribution is 5.05. The van der Waals surface area contributed by atoms with Crippen LogP contribution in [0.4, 0.5) is 0 Å². The van der Waals surface area contributed by atoms with Crippen LogP contribution in [0.3, 0.4) is 0 Å². The summed E-state index contributed by atoms with van der Waals surface area (Å²) in [4.78, 5) is 0. The first-order valence-electron chi connectivity index (χ1n) is 9.85. The maximum atomic E-state index is 9.60. The van der Waals surface area contributed by atoms with Crippen LogP contribution < -0.4 is 0 Å². The Morgan fingerprint density at radius 3 is 2.18 bits per heavy atom. The van der Waals surface area contributed by atoms with Crippen LogP contribution in [0, 0.1) is 23.2 Å². The largest absolute Gasteiger partial charge is 0.360 e. The Balaban J connectivity index is 1.68. The van der Waals surface area contributed by atoms with E-state index < -0.39 is 5.60 Å². The maximum absolute atomic E-state index is 9.60. The molecule has 0 aromatic heterocycles. The maximum Gasteiger partial charge on any atom is 0.154 e. The van der Waals surface area contributed by atoms with Crippen LogP contribution in [-0.2, 0) is 4.74 Å². The smallest absolute Gasteiger partial charge is 0.154 e. The van der Waals surface area contributed by atoms with E-state index in [0.29, 0.717) is 0 Å². The lowest BCUT2D eigenvalue weighted by Gasteiger charge is -2.39. The molecule has 0 amide bonds. The first kappa shape index (κ1) is 17.8. The van der Waals surface area contributed by atoms with Crippen LogP contribution >= 0.6 is 0 Å². The SMILES string of the molecule is CCCCCCCOC1(C#N)CCC(C2CCCCC2)CC1. The molecule has 0 saturated heterocycles. The lowest BCUT2D eigenvalue weighted by atomic mass is 9.70. The van der Waals surface area contributed by atoms with Gasteiger partial charge in [-0.3, -0.25) is 0 Å². The summed E-state index contributed by atoms with van der Waals surface area (Å²) in [5, 5.41) is 9.60. The van der Waals surface area contributed by atoms with Crippen LogP contribution in [0.5, 0.6) is 0 Å². The number of ether oxygens (including phenoxy) is 1. The van der Waals surface area contributed by atoms with Crippen molar-refractivity contribution >= 4 is 0 Å². The first-order chi connectivity index (χ1) is 10.8. The van der Waals surface area contributed by atoms with Crippen LogP contribution in [0.25, 0.3) is 0 Å². The highest BCUT2D eigenvalue weighted by Gasteiger charge is 2.38. The van der Waals surface area contributed by atoms with Crippen molar-refractivity contribution in [2.24, 2.45) is 11.8 Å². The molecule has 2 saturated carbocycles. The second-order valence-corrected chi connectivity index (χ2v) is 7.60. The quantitative estimate of drug-likeness (QED) is 0.515. The fourth-order valence-electron chi connectivity index (χ4n) is 4.44. The van der Waals surface area contributed by atoms with Gasteiger partial charge in [-0.25, -0.2) is 0 Å². The molecule has 126 valence electrons. The van der Waals surface area contributed by atoms with Crippen LogP contribution in [-0.4, -0.2) is 12.2 Å². The third-order valence-corrected chi connectivity index (χ3v) is 5.98. The summed E-state index contributed by atoms with van der Waals surface area (Å²) in [7, 11) is 0. The molecule has 2 aliphatic rings. The Kier molecular flexibility index (Phi) is 7.73. The van der Waals surface area contributed by atoms with E-state index in [-0.39, 0.29) is 0 Å². The van der Waals surface area contributed by atoms with Gasteiger partial charge in [0.2, 0.25) is 0 Å². The van der Waals surface area contributed by atoms with Crippen LogP contribution in [0.15, 0.2) is 0 Å². The van der Waals surface area contributed by atoms with Gasteiger partial charge in [0.05, 0.1) is 6.07 Å². The predicted molar refractivity (Wildman–Crippen MR) is 91.6 cm³/mol. The monoisotopic (exact) mass is 305 g/mol. The zero-order valence-electron chi connectivity index (χ0n) is 14.6. The molecule has 2 aliphatic carbocycles.